The van der Waals surface area contributed by atoms with Crippen molar-refractivity contribution in [2.75, 3.05) is 73.4 Å². The second kappa shape index (κ2) is 11.3. The predicted octanol–water partition coefficient (Wildman–Crippen LogP) is 2.89. The van der Waals surface area contributed by atoms with Gasteiger partial charge < -0.3 is 33.5 Å². The van der Waals surface area contributed by atoms with Gasteiger partial charge in [-0.3, -0.25) is 9.69 Å². The number of fused-ring (bicyclic) bond motifs is 1. The van der Waals surface area contributed by atoms with Gasteiger partial charge in [0.1, 0.15) is 23.7 Å². The van der Waals surface area contributed by atoms with Gasteiger partial charge in [-0.2, -0.15) is 0 Å². The summed E-state index contributed by atoms with van der Waals surface area (Å²) in [6.45, 7) is 6.03. The van der Waals surface area contributed by atoms with Gasteiger partial charge in [0.2, 0.25) is 12.7 Å². The number of hydrogen-bond donors (Lipinski definition) is 0. The number of likely N-dealkylation sites (N-methyl/N-ethyl adjacent to an activating group) is 1. The Balaban J connectivity index is 1.33. The number of carbonyl (C=O) groups is 1. The second-order valence-corrected chi connectivity index (χ2v) is 10.3. The quantitative estimate of drug-likeness (QED) is 0.515. The summed E-state index contributed by atoms with van der Waals surface area (Å²) in [5.41, 5.74) is 0.202. The van der Waals surface area contributed by atoms with Gasteiger partial charge >= 0.3 is 0 Å². The van der Waals surface area contributed by atoms with Gasteiger partial charge in [0.15, 0.2) is 11.5 Å². The van der Waals surface area contributed by atoms with Crippen LogP contribution >= 0.6 is 11.6 Å². The van der Waals surface area contributed by atoms with Crippen LogP contribution in [0, 0.1) is 0 Å². The van der Waals surface area contributed by atoms with Gasteiger partial charge in [-0.15, -0.1) is 0 Å². The number of hydrogen-bond acceptors (Lipinski definition) is 8. The molecule has 0 saturated carbocycles. The van der Waals surface area contributed by atoms with Crippen LogP contribution in [0.2, 0.25) is 5.02 Å². The molecule has 1 atom stereocenters. The highest BCUT2D eigenvalue weighted by molar-refractivity contribution is 6.30. The molecular formula is C27H34ClN3O6. The Morgan fingerprint density at radius 2 is 1.78 bits per heavy atom. The molecule has 2 fully saturated rings. The van der Waals surface area contributed by atoms with E-state index in [1.54, 1.807) is 19.2 Å². The van der Waals surface area contributed by atoms with Gasteiger partial charge in [0.25, 0.3) is 0 Å². The molecule has 2 aromatic rings. The highest BCUT2D eigenvalue weighted by Crippen LogP contribution is 2.39. The van der Waals surface area contributed by atoms with Crippen LogP contribution in [0.1, 0.15) is 12.0 Å². The van der Waals surface area contributed by atoms with Crippen LogP contribution in [-0.4, -0.2) is 99.6 Å². The van der Waals surface area contributed by atoms with E-state index in [1.165, 1.54) is 0 Å². The zero-order valence-electron chi connectivity index (χ0n) is 21.4. The number of piperazine rings is 1. The Bertz CT molecular complexity index is 1090. The summed E-state index contributed by atoms with van der Waals surface area (Å²) >= 11 is 6.04. The zero-order valence-corrected chi connectivity index (χ0v) is 22.2. The van der Waals surface area contributed by atoms with E-state index in [-0.39, 0.29) is 25.7 Å². The van der Waals surface area contributed by atoms with Crippen molar-refractivity contribution in [3.63, 3.8) is 0 Å². The van der Waals surface area contributed by atoms with E-state index in [1.807, 2.05) is 29.2 Å². The molecule has 1 amide bonds. The highest BCUT2D eigenvalue weighted by Gasteiger charge is 2.41. The van der Waals surface area contributed by atoms with Crippen molar-refractivity contribution in [2.45, 2.75) is 18.6 Å². The molecule has 5 rings (SSSR count). The Labute approximate surface area is 222 Å². The number of benzene rings is 2. The standard InChI is InChI=1S/C27H34ClN3O6/c1-29-7-9-31(10-8-29)26(32)15-27(18-34-22-5-3-21(28)4-6-22)17-30(11-12-37-27)16-20-13-24-25(36-19-35-24)14-23(20)33-2/h3-6,13-14H,7-12,15-19H2,1-2H3/t27-/m1/s1. The summed E-state index contributed by atoms with van der Waals surface area (Å²) in [5, 5.41) is 0.644. The number of ether oxygens (including phenoxy) is 5. The van der Waals surface area contributed by atoms with Gasteiger partial charge in [0.05, 0.1) is 20.1 Å². The fraction of sp³-hybridized carbons (Fsp3) is 0.519. The molecule has 0 spiro atoms. The van der Waals surface area contributed by atoms with Gasteiger partial charge in [0, 0.05) is 62.5 Å². The van der Waals surface area contributed by atoms with E-state index in [0.717, 1.165) is 44.0 Å². The van der Waals surface area contributed by atoms with Crippen LogP contribution in [0.5, 0.6) is 23.0 Å². The van der Waals surface area contributed by atoms with Gasteiger partial charge in [-0.1, -0.05) is 11.6 Å². The van der Waals surface area contributed by atoms with Crippen molar-refractivity contribution < 1.29 is 28.5 Å². The average molecular weight is 532 g/mol. The molecule has 10 heteroatoms. The molecule has 3 aliphatic heterocycles. The van der Waals surface area contributed by atoms with E-state index in [0.29, 0.717) is 42.0 Å². The molecule has 3 aliphatic rings. The molecule has 0 unspecified atom stereocenters. The highest BCUT2D eigenvalue weighted by atomic mass is 35.5. The summed E-state index contributed by atoms with van der Waals surface area (Å²) in [6, 6.07) is 11.1. The van der Waals surface area contributed by atoms with Crippen molar-refractivity contribution in [2.24, 2.45) is 0 Å². The van der Waals surface area contributed by atoms with Crippen LogP contribution in [0.4, 0.5) is 0 Å². The van der Waals surface area contributed by atoms with Crippen molar-refractivity contribution in [3.05, 3.63) is 47.0 Å². The van der Waals surface area contributed by atoms with E-state index in [2.05, 4.69) is 16.8 Å². The van der Waals surface area contributed by atoms with Crippen molar-refractivity contribution in [3.8, 4) is 23.0 Å². The molecule has 9 nitrogen and oxygen atoms in total. The van der Waals surface area contributed by atoms with Crippen LogP contribution < -0.4 is 18.9 Å². The minimum Gasteiger partial charge on any atom is -0.496 e. The first-order chi connectivity index (χ1) is 17.9. The monoisotopic (exact) mass is 531 g/mol. The third-order valence-corrected chi connectivity index (χ3v) is 7.39. The van der Waals surface area contributed by atoms with E-state index in [9.17, 15) is 4.79 Å². The molecule has 37 heavy (non-hydrogen) atoms. The lowest BCUT2D eigenvalue weighted by atomic mass is 9.96. The Hall–Kier alpha value is -2.72. The second-order valence-electron chi connectivity index (χ2n) is 9.86. The fourth-order valence-corrected chi connectivity index (χ4v) is 5.14. The summed E-state index contributed by atoms with van der Waals surface area (Å²) in [4.78, 5) is 19.9. The maximum atomic E-state index is 13.4. The number of carbonyl (C=O) groups excluding carboxylic acids is 1. The molecule has 2 saturated heterocycles. The molecule has 0 radical (unpaired) electrons. The number of morpholine rings is 1. The lowest BCUT2D eigenvalue weighted by Crippen LogP contribution is -2.58. The van der Waals surface area contributed by atoms with E-state index >= 15 is 0 Å². The summed E-state index contributed by atoms with van der Waals surface area (Å²) in [7, 11) is 3.73. The van der Waals surface area contributed by atoms with Crippen molar-refractivity contribution in [1.29, 1.82) is 0 Å². The van der Waals surface area contributed by atoms with Gasteiger partial charge in [-0.05, 0) is 37.4 Å². The number of halogens is 1. The van der Waals surface area contributed by atoms with E-state index in [4.69, 9.17) is 35.3 Å². The summed E-state index contributed by atoms with van der Waals surface area (Å²) in [6.07, 6.45) is 0.249. The molecule has 3 heterocycles. The Kier molecular flexibility index (Phi) is 7.95. The van der Waals surface area contributed by atoms with E-state index < -0.39 is 5.60 Å². The first-order valence-corrected chi connectivity index (χ1v) is 13.0. The predicted molar refractivity (Wildman–Crippen MR) is 139 cm³/mol. The fourth-order valence-electron chi connectivity index (χ4n) is 5.01. The minimum absolute atomic E-state index is 0.0929. The third-order valence-electron chi connectivity index (χ3n) is 7.14. The molecular weight excluding hydrogens is 498 g/mol. The van der Waals surface area contributed by atoms with Crippen LogP contribution in [0.15, 0.2) is 36.4 Å². The lowest BCUT2D eigenvalue weighted by molar-refractivity contribution is -0.158. The van der Waals surface area contributed by atoms with Crippen molar-refractivity contribution in [1.82, 2.24) is 14.7 Å². The molecule has 0 bridgehead atoms. The molecule has 200 valence electrons. The number of rotatable bonds is 8. The Morgan fingerprint density at radius 3 is 2.51 bits per heavy atom. The smallest absolute Gasteiger partial charge is 0.231 e. The first-order valence-electron chi connectivity index (χ1n) is 12.6. The molecule has 2 aromatic carbocycles. The first kappa shape index (κ1) is 25.9. The minimum atomic E-state index is -0.790. The largest absolute Gasteiger partial charge is 0.496 e. The van der Waals surface area contributed by atoms with Gasteiger partial charge in [-0.25, -0.2) is 0 Å². The Morgan fingerprint density at radius 1 is 1.05 bits per heavy atom. The van der Waals surface area contributed by atoms with Crippen LogP contribution in [-0.2, 0) is 16.1 Å². The summed E-state index contributed by atoms with van der Waals surface area (Å²) < 4.78 is 29.3. The van der Waals surface area contributed by atoms with Crippen LogP contribution in [0.25, 0.3) is 0 Å². The maximum Gasteiger partial charge on any atom is 0.231 e. The van der Waals surface area contributed by atoms with Crippen LogP contribution in [0.3, 0.4) is 0 Å². The van der Waals surface area contributed by atoms with Crippen molar-refractivity contribution >= 4 is 17.5 Å². The maximum absolute atomic E-state index is 13.4. The topological polar surface area (TPSA) is 72.9 Å². The number of methoxy groups -OCH3 is 1. The average Bonchev–Trinajstić information content (AvgIpc) is 3.36. The lowest BCUT2D eigenvalue weighted by Gasteiger charge is -2.43. The molecule has 0 aromatic heterocycles. The third kappa shape index (κ3) is 6.23. The molecule has 0 aliphatic carbocycles. The number of nitrogens with zero attached hydrogens (tertiary/aromatic N) is 3. The zero-order chi connectivity index (χ0) is 25.8. The SMILES string of the molecule is COc1cc2c(cc1CN1CCO[C@](COc3ccc(Cl)cc3)(CC(=O)N3CCN(C)CC3)C1)OCO2. The molecule has 0 N–H and O–H groups in total. The number of amides is 1. The normalized spacial score (nSPS) is 22.2. The summed E-state index contributed by atoms with van der Waals surface area (Å²) in [5.74, 6) is 2.93.